The van der Waals surface area contributed by atoms with Crippen LogP contribution in [0.5, 0.6) is 5.75 Å². The second-order valence-corrected chi connectivity index (χ2v) is 4.60. The predicted molar refractivity (Wildman–Crippen MR) is 61.6 cm³/mol. The van der Waals surface area contributed by atoms with Crippen molar-refractivity contribution < 1.29 is 5.11 Å². The van der Waals surface area contributed by atoms with E-state index in [1.165, 1.54) is 0 Å². The Hall–Kier alpha value is -0.810. The number of rotatable bonds is 0. The first-order valence-electron chi connectivity index (χ1n) is 3.79. The van der Waals surface area contributed by atoms with Crippen molar-refractivity contribution in [3.63, 3.8) is 0 Å². The second kappa shape index (κ2) is 3.40. The minimum atomic E-state index is -0.321. The number of pyridine rings is 1. The lowest BCUT2D eigenvalue weighted by Gasteiger charge is -2.03. The van der Waals surface area contributed by atoms with Gasteiger partial charge in [0.2, 0.25) is 0 Å². The molecule has 0 atom stereocenters. The molecule has 0 saturated heterocycles. The van der Waals surface area contributed by atoms with E-state index in [0.717, 1.165) is 15.0 Å². The van der Waals surface area contributed by atoms with Crippen molar-refractivity contribution in [3.05, 3.63) is 37.5 Å². The Balaban J connectivity index is 3.01. The number of aromatic nitrogens is 1. The lowest BCUT2D eigenvalue weighted by atomic mass is 10.2. The van der Waals surface area contributed by atoms with E-state index in [1.807, 2.05) is 0 Å². The zero-order valence-corrected chi connectivity index (χ0v) is 10.0. The number of aromatic amines is 1. The Kier molecular flexibility index (Phi) is 2.36. The largest absolute Gasteiger partial charge is 0.507 e. The van der Waals surface area contributed by atoms with Gasteiger partial charge in [0, 0.05) is 20.4 Å². The summed E-state index contributed by atoms with van der Waals surface area (Å²) in [4.78, 5) is 13.7. The molecular formula is C9H5Br2NO2. The molecule has 0 spiro atoms. The summed E-state index contributed by atoms with van der Waals surface area (Å²) in [5.74, 6) is -0.0225. The first-order valence-corrected chi connectivity index (χ1v) is 5.37. The van der Waals surface area contributed by atoms with Crippen molar-refractivity contribution >= 4 is 42.8 Å². The quantitative estimate of drug-likeness (QED) is 0.784. The van der Waals surface area contributed by atoms with Crippen LogP contribution in [-0.4, -0.2) is 10.1 Å². The molecule has 2 N–H and O–H groups in total. The van der Waals surface area contributed by atoms with E-state index in [0.29, 0.717) is 10.9 Å². The summed E-state index contributed by atoms with van der Waals surface area (Å²) in [6.45, 7) is 0. The molecule has 1 aromatic heterocycles. The highest BCUT2D eigenvalue weighted by Crippen LogP contribution is 2.30. The molecule has 0 aliphatic heterocycles. The monoisotopic (exact) mass is 317 g/mol. The summed E-state index contributed by atoms with van der Waals surface area (Å²) in [6, 6.07) is 4.70. The van der Waals surface area contributed by atoms with Gasteiger partial charge in [0.25, 0.3) is 5.56 Å². The third-order valence-corrected chi connectivity index (χ3v) is 2.93. The molecule has 0 radical (unpaired) electrons. The Morgan fingerprint density at radius 3 is 2.64 bits per heavy atom. The van der Waals surface area contributed by atoms with Crippen LogP contribution in [0.1, 0.15) is 0 Å². The van der Waals surface area contributed by atoms with Crippen LogP contribution in [0.4, 0.5) is 0 Å². The molecule has 72 valence electrons. The number of halogens is 2. The summed E-state index contributed by atoms with van der Waals surface area (Å²) in [5.41, 5.74) is 0.274. The highest BCUT2D eigenvalue weighted by Gasteiger charge is 2.06. The maximum atomic E-state index is 11.1. The SMILES string of the molecule is O=c1cc(O)c2cc(Br)cc(Br)c2[nH]1. The van der Waals surface area contributed by atoms with Crippen LogP contribution in [0.3, 0.4) is 0 Å². The summed E-state index contributed by atoms with van der Waals surface area (Å²) in [5, 5.41) is 10.1. The van der Waals surface area contributed by atoms with Gasteiger partial charge in [-0.05, 0) is 28.1 Å². The molecule has 14 heavy (non-hydrogen) atoms. The molecule has 1 heterocycles. The van der Waals surface area contributed by atoms with E-state index in [-0.39, 0.29) is 11.3 Å². The van der Waals surface area contributed by atoms with Crippen molar-refractivity contribution in [2.24, 2.45) is 0 Å². The van der Waals surface area contributed by atoms with Crippen LogP contribution in [0.2, 0.25) is 0 Å². The molecule has 2 aromatic rings. The van der Waals surface area contributed by atoms with Gasteiger partial charge in [-0.15, -0.1) is 0 Å². The molecule has 0 fully saturated rings. The summed E-state index contributed by atoms with van der Waals surface area (Å²) in [7, 11) is 0. The predicted octanol–water partition coefficient (Wildman–Crippen LogP) is 2.76. The Labute approximate surface area is 96.0 Å². The molecule has 2 rings (SSSR count). The van der Waals surface area contributed by atoms with Crippen LogP contribution in [0.25, 0.3) is 10.9 Å². The molecule has 5 heteroatoms. The summed E-state index contributed by atoms with van der Waals surface area (Å²) < 4.78 is 1.56. The minimum absolute atomic E-state index is 0.0225. The third-order valence-electron chi connectivity index (χ3n) is 1.85. The molecule has 0 aliphatic carbocycles. The summed E-state index contributed by atoms with van der Waals surface area (Å²) >= 11 is 6.61. The number of aromatic hydroxyl groups is 1. The zero-order valence-electron chi connectivity index (χ0n) is 6.84. The van der Waals surface area contributed by atoms with Crippen LogP contribution in [-0.2, 0) is 0 Å². The van der Waals surface area contributed by atoms with Crippen molar-refractivity contribution in [2.45, 2.75) is 0 Å². The molecule has 0 aliphatic rings. The molecule has 0 bridgehead atoms. The van der Waals surface area contributed by atoms with Gasteiger partial charge >= 0.3 is 0 Å². The van der Waals surface area contributed by atoms with Crippen molar-refractivity contribution in [1.82, 2.24) is 4.98 Å². The van der Waals surface area contributed by atoms with Gasteiger partial charge in [0.1, 0.15) is 5.75 Å². The molecule has 0 unspecified atom stereocenters. The van der Waals surface area contributed by atoms with Gasteiger partial charge in [-0.1, -0.05) is 15.9 Å². The van der Waals surface area contributed by atoms with Crippen LogP contribution >= 0.6 is 31.9 Å². The van der Waals surface area contributed by atoms with E-state index in [1.54, 1.807) is 12.1 Å². The smallest absolute Gasteiger partial charge is 0.252 e. The molecular weight excluding hydrogens is 314 g/mol. The van der Waals surface area contributed by atoms with Crippen LogP contribution in [0.15, 0.2) is 31.9 Å². The fraction of sp³-hybridized carbons (Fsp3) is 0. The first-order chi connectivity index (χ1) is 6.58. The lowest BCUT2D eigenvalue weighted by Crippen LogP contribution is -2.03. The highest BCUT2D eigenvalue weighted by molar-refractivity contribution is 9.11. The average molecular weight is 319 g/mol. The van der Waals surface area contributed by atoms with E-state index in [9.17, 15) is 9.90 Å². The Morgan fingerprint density at radius 1 is 1.21 bits per heavy atom. The van der Waals surface area contributed by atoms with Crippen molar-refractivity contribution in [1.29, 1.82) is 0 Å². The van der Waals surface area contributed by atoms with Gasteiger partial charge < -0.3 is 10.1 Å². The minimum Gasteiger partial charge on any atom is -0.507 e. The number of H-pyrrole nitrogens is 1. The molecule has 0 saturated carbocycles. The van der Waals surface area contributed by atoms with E-state index >= 15 is 0 Å². The van der Waals surface area contributed by atoms with Crippen LogP contribution in [0, 0.1) is 0 Å². The van der Waals surface area contributed by atoms with E-state index in [4.69, 9.17) is 0 Å². The maximum absolute atomic E-state index is 11.1. The number of fused-ring (bicyclic) bond motifs is 1. The molecule has 0 amide bonds. The van der Waals surface area contributed by atoms with Crippen molar-refractivity contribution in [3.8, 4) is 5.75 Å². The summed E-state index contributed by atoms with van der Waals surface area (Å²) in [6.07, 6.45) is 0. The fourth-order valence-electron chi connectivity index (χ4n) is 1.26. The highest BCUT2D eigenvalue weighted by atomic mass is 79.9. The lowest BCUT2D eigenvalue weighted by molar-refractivity contribution is 0.480. The first kappa shape index (κ1) is 9.73. The number of hydrogen-bond donors (Lipinski definition) is 2. The van der Waals surface area contributed by atoms with Gasteiger partial charge in [-0.25, -0.2) is 0 Å². The van der Waals surface area contributed by atoms with E-state index in [2.05, 4.69) is 36.8 Å². The Bertz CT molecular complexity index is 562. The second-order valence-electron chi connectivity index (χ2n) is 2.83. The molecule has 1 aromatic carbocycles. The Morgan fingerprint density at radius 2 is 1.93 bits per heavy atom. The van der Waals surface area contributed by atoms with E-state index < -0.39 is 0 Å². The maximum Gasteiger partial charge on any atom is 0.252 e. The van der Waals surface area contributed by atoms with Gasteiger partial charge in [-0.3, -0.25) is 4.79 Å². The van der Waals surface area contributed by atoms with Gasteiger partial charge in [0.05, 0.1) is 5.52 Å². The number of benzene rings is 1. The topological polar surface area (TPSA) is 53.1 Å². The number of nitrogens with one attached hydrogen (secondary N) is 1. The van der Waals surface area contributed by atoms with Crippen LogP contribution < -0.4 is 5.56 Å². The zero-order chi connectivity index (χ0) is 10.3. The fourth-order valence-corrected chi connectivity index (χ4v) is 2.59. The average Bonchev–Trinajstić information content (AvgIpc) is 2.07. The standard InChI is InChI=1S/C9H5Br2NO2/c10-4-1-5-7(13)3-8(14)12-9(5)6(11)2-4/h1-3H,(H2,12,13,14). The number of hydrogen-bond acceptors (Lipinski definition) is 2. The van der Waals surface area contributed by atoms with Gasteiger partial charge in [0.15, 0.2) is 0 Å². The van der Waals surface area contributed by atoms with Crippen molar-refractivity contribution in [2.75, 3.05) is 0 Å². The third kappa shape index (κ3) is 1.57. The van der Waals surface area contributed by atoms with Gasteiger partial charge in [-0.2, -0.15) is 0 Å². The molecule has 3 nitrogen and oxygen atoms in total. The normalized spacial score (nSPS) is 10.7.